The number of carbonyl (C=O) groups excluding carboxylic acids is 2. The summed E-state index contributed by atoms with van der Waals surface area (Å²) >= 11 is 6.94. The number of hydrogen-bond donors (Lipinski definition) is 1. The summed E-state index contributed by atoms with van der Waals surface area (Å²) in [7, 11) is 1.58. The van der Waals surface area contributed by atoms with Crippen molar-refractivity contribution in [2.45, 2.75) is 13.8 Å². The number of nitrogens with zero attached hydrogens (tertiary/aromatic N) is 1. The zero-order valence-electron chi connectivity index (χ0n) is 16.1. The lowest BCUT2D eigenvalue weighted by atomic mass is 10.1. The number of ether oxygens (including phenoxy) is 2. The number of aliphatic imine (C=N–C) groups is 1. The summed E-state index contributed by atoms with van der Waals surface area (Å²) in [6.07, 6.45) is 1.74. The standard InChI is InChI=1S/C21H19ClN2O4S/c1-4-28-17-10-14(12(2)9-16(17)27-3)11-18-20(26)24-21(29-18)23-19(25)13-5-7-15(22)8-6-13/h5-11H,4H2,1-3H3,(H,23,24,25,26)/b18-11-. The molecule has 0 spiro atoms. The van der Waals surface area contributed by atoms with E-state index < -0.39 is 5.91 Å². The van der Waals surface area contributed by atoms with Crippen LogP contribution in [0.5, 0.6) is 11.5 Å². The first kappa shape index (κ1) is 21.0. The van der Waals surface area contributed by atoms with Gasteiger partial charge < -0.3 is 14.8 Å². The van der Waals surface area contributed by atoms with Crippen LogP contribution in [0, 0.1) is 6.92 Å². The van der Waals surface area contributed by atoms with Crippen LogP contribution in [0.3, 0.4) is 0 Å². The molecule has 1 aliphatic heterocycles. The molecule has 1 aliphatic rings. The first-order chi connectivity index (χ1) is 13.9. The van der Waals surface area contributed by atoms with E-state index in [0.29, 0.717) is 33.6 Å². The molecule has 0 aromatic heterocycles. The average Bonchev–Trinajstić information content (AvgIpc) is 3.03. The maximum Gasteiger partial charge on any atom is 0.279 e. The number of benzene rings is 2. The van der Waals surface area contributed by atoms with E-state index in [-0.39, 0.29) is 11.1 Å². The predicted molar refractivity (Wildman–Crippen MR) is 116 cm³/mol. The maximum atomic E-state index is 12.3. The molecule has 8 heteroatoms. The number of carbonyl (C=O) groups is 2. The van der Waals surface area contributed by atoms with E-state index in [1.54, 1.807) is 37.5 Å². The van der Waals surface area contributed by atoms with Crippen molar-refractivity contribution in [3.05, 3.63) is 63.0 Å². The highest BCUT2D eigenvalue weighted by atomic mass is 35.5. The Balaban J connectivity index is 1.84. The van der Waals surface area contributed by atoms with Crippen molar-refractivity contribution in [3.8, 4) is 11.5 Å². The third-order valence-corrected chi connectivity index (χ3v) is 5.25. The van der Waals surface area contributed by atoms with Crippen LogP contribution in [-0.4, -0.2) is 30.7 Å². The van der Waals surface area contributed by atoms with E-state index in [4.69, 9.17) is 21.1 Å². The van der Waals surface area contributed by atoms with Crippen molar-refractivity contribution in [1.29, 1.82) is 0 Å². The summed E-state index contributed by atoms with van der Waals surface area (Å²) in [4.78, 5) is 29.0. The minimum absolute atomic E-state index is 0.234. The van der Waals surface area contributed by atoms with Crippen molar-refractivity contribution < 1.29 is 19.1 Å². The molecule has 29 heavy (non-hydrogen) atoms. The van der Waals surface area contributed by atoms with Crippen LogP contribution < -0.4 is 14.8 Å². The Morgan fingerprint density at radius 2 is 1.97 bits per heavy atom. The highest BCUT2D eigenvalue weighted by Gasteiger charge is 2.25. The third kappa shape index (κ3) is 4.99. The predicted octanol–water partition coefficient (Wildman–Crippen LogP) is 4.46. The number of amides is 2. The van der Waals surface area contributed by atoms with Crippen LogP contribution in [0.15, 0.2) is 46.3 Å². The lowest BCUT2D eigenvalue weighted by Gasteiger charge is -2.12. The van der Waals surface area contributed by atoms with Crippen molar-refractivity contribution in [2.75, 3.05) is 13.7 Å². The molecule has 2 aromatic carbocycles. The highest BCUT2D eigenvalue weighted by Crippen LogP contribution is 2.34. The van der Waals surface area contributed by atoms with E-state index in [9.17, 15) is 9.59 Å². The van der Waals surface area contributed by atoms with Gasteiger partial charge in [-0.1, -0.05) is 11.6 Å². The zero-order valence-corrected chi connectivity index (χ0v) is 17.7. The van der Waals surface area contributed by atoms with Crippen LogP contribution in [0.25, 0.3) is 6.08 Å². The summed E-state index contributed by atoms with van der Waals surface area (Å²) in [5.41, 5.74) is 2.13. The second kappa shape index (κ2) is 9.15. The van der Waals surface area contributed by atoms with Crippen molar-refractivity contribution in [2.24, 2.45) is 4.99 Å². The summed E-state index contributed by atoms with van der Waals surface area (Å²) in [5.74, 6) is 0.462. The highest BCUT2D eigenvalue weighted by molar-refractivity contribution is 8.18. The molecular weight excluding hydrogens is 412 g/mol. The van der Waals surface area contributed by atoms with Gasteiger partial charge in [0.1, 0.15) is 0 Å². The molecule has 0 bridgehead atoms. The molecule has 2 amide bonds. The first-order valence-corrected chi connectivity index (χ1v) is 10.0. The van der Waals surface area contributed by atoms with Crippen LogP contribution in [-0.2, 0) is 4.79 Å². The lowest BCUT2D eigenvalue weighted by Crippen LogP contribution is -2.20. The van der Waals surface area contributed by atoms with Crippen LogP contribution in [0.1, 0.15) is 28.4 Å². The van der Waals surface area contributed by atoms with Crippen molar-refractivity contribution in [3.63, 3.8) is 0 Å². The largest absolute Gasteiger partial charge is 0.493 e. The van der Waals surface area contributed by atoms with Gasteiger partial charge in [0.05, 0.1) is 18.6 Å². The van der Waals surface area contributed by atoms with Gasteiger partial charge >= 0.3 is 0 Å². The van der Waals surface area contributed by atoms with Gasteiger partial charge in [-0.15, -0.1) is 0 Å². The Bertz CT molecular complexity index is 1020. The quantitative estimate of drug-likeness (QED) is 0.709. The number of hydrogen-bond acceptors (Lipinski definition) is 5. The SMILES string of the molecule is CCOc1cc(/C=C2\SC(=NC(=O)c3ccc(Cl)cc3)NC2=O)c(C)cc1OC. The van der Waals surface area contributed by atoms with Crippen LogP contribution in [0.2, 0.25) is 5.02 Å². The zero-order chi connectivity index (χ0) is 21.0. The average molecular weight is 431 g/mol. The molecular formula is C21H19ClN2O4S. The van der Waals surface area contributed by atoms with Crippen molar-refractivity contribution in [1.82, 2.24) is 5.32 Å². The van der Waals surface area contributed by atoms with Crippen molar-refractivity contribution >= 4 is 46.4 Å². The van der Waals surface area contributed by atoms with Crippen LogP contribution in [0.4, 0.5) is 0 Å². The molecule has 0 aliphatic carbocycles. The normalized spacial score (nSPS) is 16.2. The summed E-state index contributed by atoms with van der Waals surface area (Å²) in [5, 5.41) is 3.39. The Kier molecular flexibility index (Phi) is 6.61. The van der Waals surface area contributed by atoms with E-state index in [2.05, 4.69) is 10.3 Å². The molecule has 1 saturated heterocycles. The first-order valence-electron chi connectivity index (χ1n) is 8.82. The van der Waals surface area contributed by atoms with Crippen LogP contribution >= 0.6 is 23.4 Å². The van der Waals surface area contributed by atoms with Gasteiger partial charge in [-0.25, -0.2) is 0 Å². The Morgan fingerprint density at radius 3 is 2.62 bits per heavy atom. The molecule has 1 N–H and O–H groups in total. The monoisotopic (exact) mass is 430 g/mol. The number of aryl methyl sites for hydroxylation is 1. The number of methoxy groups -OCH3 is 1. The number of halogens is 1. The molecule has 0 radical (unpaired) electrons. The lowest BCUT2D eigenvalue weighted by molar-refractivity contribution is -0.115. The van der Waals surface area contributed by atoms with Gasteiger partial charge in [0, 0.05) is 10.6 Å². The van der Waals surface area contributed by atoms with E-state index >= 15 is 0 Å². The fourth-order valence-corrected chi connectivity index (χ4v) is 3.57. The topological polar surface area (TPSA) is 77.0 Å². The minimum Gasteiger partial charge on any atom is -0.493 e. The smallest absolute Gasteiger partial charge is 0.279 e. The molecule has 2 aromatic rings. The Morgan fingerprint density at radius 1 is 1.24 bits per heavy atom. The van der Waals surface area contributed by atoms with Gasteiger partial charge in [-0.05, 0) is 79.2 Å². The number of amidine groups is 1. The molecule has 0 atom stereocenters. The maximum absolute atomic E-state index is 12.3. The van der Waals surface area contributed by atoms with Gasteiger partial charge in [-0.2, -0.15) is 4.99 Å². The van der Waals surface area contributed by atoms with E-state index in [0.717, 1.165) is 22.9 Å². The summed E-state index contributed by atoms with van der Waals surface area (Å²) in [6, 6.07) is 10.1. The Hall–Kier alpha value is -2.77. The number of thioether (sulfide) groups is 1. The molecule has 1 fully saturated rings. The number of nitrogens with one attached hydrogen (secondary N) is 1. The van der Waals surface area contributed by atoms with Gasteiger partial charge in [-0.3, -0.25) is 9.59 Å². The molecule has 0 saturated carbocycles. The molecule has 6 nitrogen and oxygen atoms in total. The fourth-order valence-electron chi connectivity index (χ4n) is 2.63. The summed E-state index contributed by atoms with van der Waals surface area (Å²) < 4.78 is 10.9. The van der Waals surface area contributed by atoms with Gasteiger partial charge in [0.25, 0.3) is 11.8 Å². The van der Waals surface area contributed by atoms with Gasteiger partial charge in [0.2, 0.25) is 0 Å². The second-order valence-corrected chi connectivity index (χ2v) is 7.55. The molecule has 150 valence electrons. The molecule has 0 unspecified atom stereocenters. The Labute approximate surface area is 177 Å². The fraction of sp³-hybridized carbons (Fsp3) is 0.190. The van der Waals surface area contributed by atoms with E-state index in [1.165, 1.54) is 0 Å². The minimum atomic E-state index is -0.454. The molecule has 1 heterocycles. The number of rotatable bonds is 5. The third-order valence-electron chi connectivity index (χ3n) is 4.08. The second-order valence-electron chi connectivity index (χ2n) is 6.09. The van der Waals surface area contributed by atoms with Gasteiger partial charge in [0.15, 0.2) is 16.7 Å². The molecule has 3 rings (SSSR count). The summed E-state index contributed by atoms with van der Waals surface area (Å²) in [6.45, 7) is 4.30. The van der Waals surface area contributed by atoms with E-state index in [1.807, 2.05) is 26.0 Å².